The Morgan fingerprint density at radius 1 is 1.15 bits per heavy atom. The molecule has 1 aliphatic rings. The highest BCUT2D eigenvalue weighted by Crippen LogP contribution is 2.07. The zero-order valence-electron chi connectivity index (χ0n) is 16.6. The zero-order chi connectivity index (χ0) is 19.0. The predicted molar refractivity (Wildman–Crippen MR) is 109 cm³/mol. The first-order valence-corrected chi connectivity index (χ1v) is 10.2. The second-order valence-electron chi connectivity index (χ2n) is 6.60. The van der Waals surface area contributed by atoms with Gasteiger partial charge in [0, 0.05) is 39.5 Å². The Morgan fingerprint density at radius 2 is 2.04 bits per heavy atom. The molecule has 1 aliphatic heterocycles. The van der Waals surface area contributed by atoms with Crippen LogP contribution in [0.3, 0.4) is 0 Å². The highest BCUT2D eigenvalue weighted by molar-refractivity contribution is 5.79. The quantitative estimate of drug-likeness (QED) is 0.314. The van der Waals surface area contributed by atoms with Gasteiger partial charge in [0.15, 0.2) is 5.96 Å². The number of rotatable bonds is 13. The van der Waals surface area contributed by atoms with Gasteiger partial charge in [-0.3, -0.25) is 4.99 Å². The summed E-state index contributed by atoms with van der Waals surface area (Å²) in [5.41, 5.74) is 1.32. The fraction of sp³-hybridized carbons (Fsp3) is 0.667. The monoisotopic (exact) mass is 377 g/mol. The fourth-order valence-corrected chi connectivity index (χ4v) is 2.81. The van der Waals surface area contributed by atoms with Crippen molar-refractivity contribution in [2.24, 2.45) is 4.99 Å². The molecule has 1 atom stereocenters. The van der Waals surface area contributed by atoms with Crippen LogP contribution in [0, 0.1) is 0 Å². The van der Waals surface area contributed by atoms with Gasteiger partial charge in [-0.25, -0.2) is 0 Å². The molecule has 0 bridgehead atoms. The maximum Gasteiger partial charge on any atom is 0.191 e. The Labute approximate surface area is 163 Å². The van der Waals surface area contributed by atoms with Crippen LogP contribution in [0.4, 0.5) is 0 Å². The first-order valence-electron chi connectivity index (χ1n) is 10.2. The van der Waals surface area contributed by atoms with Crippen LogP contribution in [0.2, 0.25) is 0 Å². The minimum absolute atomic E-state index is 0.286. The van der Waals surface area contributed by atoms with Gasteiger partial charge in [-0.1, -0.05) is 30.3 Å². The highest BCUT2D eigenvalue weighted by Gasteiger charge is 2.15. The number of guanidine groups is 1. The largest absolute Gasteiger partial charge is 0.381 e. The van der Waals surface area contributed by atoms with Crippen molar-refractivity contribution in [1.29, 1.82) is 0 Å². The lowest BCUT2D eigenvalue weighted by Gasteiger charge is -2.13. The number of nitrogens with one attached hydrogen (secondary N) is 2. The van der Waals surface area contributed by atoms with Crippen molar-refractivity contribution >= 4 is 5.96 Å². The summed E-state index contributed by atoms with van der Waals surface area (Å²) in [5.74, 6) is 0.867. The third-order valence-corrected chi connectivity index (χ3v) is 4.29. The third-order valence-electron chi connectivity index (χ3n) is 4.29. The van der Waals surface area contributed by atoms with Crippen LogP contribution in [-0.4, -0.2) is 64.7 Å². The molecule has 2 rings (SSSR count). The molecule has 0 aliphatic carbocycles. The van der Waals surface area contributed by atoms with E-state index in [1.54, 1.807) is 0 Å². The number of aliphatic imine (C=N–C) groups is 1. The molecule has 1 aromatic rings. The first kappa shape index (κ1) is 21.7. The SMILES string of the molecule is CCNC(=NCCCOCCc1ccccc1)NCCCOC1CCOC1. The summed E-state index contributed by atoms with van der Waals surface area (Å²) in [5, 5.41) is 6.63. The lowest BCUT2D eigenvalue weighted by molar-refractivity contribution is 0.0420. The summed E-state index contributed by atoms with van der Waals surface area (Å²) in [6, 6.07) is 10.4. The minimum Gasteiger partial charge on any atom is -0.381 e. The molecule has 0 aromatic heterocycles. The van der Waals surface area contributed by atoms with Gasteiger partial charge < -0.3 is 24.8 Å². The topological polar surface area (TPSA) is 64.1 Å². The molecule has 0 amide bonds. The van der Waals surface area contributed by atoms with E-state index in [0.29, 0.717) is 0 Å². The van der Waals surface area contributed by atoms with Crippen molar-refractivity contribution < 1.29 is 14.2 Å². The summed E-state index contributed by atoms with van der Waals surface area (Å²) < 4.78 is 16.8. The minimum atomic E-state index is 0.286. The molecule has 27 heavy (non-hydrogen) atoms. The number of benzene rings is 1. The van der Waals surface area contributed by atoms with Crippen LogP contribution in [0.15, 0.2) is 35.3 Å². The lowest BCUT2D eigenvalue weighted by Crippen LogP contribution is -2.38. The molecule has 1 aromatic carbocycles. The fourth-order valence-electron chi connectivity index (χ4n) is 2.81. The molecule has 0 radical (unpaired) electrons. The number of hydrogen-bond acceptors (Lipinski definition) is 4. The van der Waals surface area contributed by atoms with Crippen molar-refractivity contribution in [3.8, 4) is 0 Å². The average Bonchev–Trinajstić information content (AvgIpc) is 3.21. The molecular formula is C21H35N3O3. The van der Waals surface area contributed by atoms with Gasteiger partial charge in [-0.2, -0.15) is 0 Å². The van der Waals surface area contributed by atoms with Crippen molar-refractivity contribution in [1.82, 2.24) is 10.6 Å². The first-order chi connectivity index (χ1) is 13.4. The van der Waals surface area contributed by atoms with Gasteiger partial charge in [-0.15, -0.1) is 0 Å². The predicted octanol–water partition coefficient (Wildman–Crippen LogP) is 2.39. The molecule has 2 N–H and O–H groups in total. The molecule has 152 valence electrons. The van der Waals surface area contributed by atoms with E-state index in [1.165, 1.54) is 5.56 Å². The Hall–Kier alpha value is -1.63. The van der Waals surface area contributed by atoms with Crippen LogP contribution in [-0.2, 0) is 20.6 Å². The van der Waals surface area contributed by atoms with Crippen LogP contribution in [0.25, 0.3) is 0 Å². The molecule has 1 unspecified atom stereocenters. The molecule has 1 saturated heterocycles. The van der Waals surface area contributed by atoms with Gasteiger partial charge in [0.1, 0.15) is 0 Å². The molecule has 0 saturated carbocycles. The van der Waals surface area contributed by atoms with Crippen LogP contribution < -0.4 is 10.6 Å². The maximum absolute atomic E-state index is 5.77. The zero-order valence-corrected chi connectivity index (χ0v) is 16.6. The number of ether oxygens (including phenoxy) is 3. The average molecular weight is 378 g/mol. The third kappa shape index (κ3) is 10.3. The van der Waals surface area contributed by atoms with Gasteiger partial charge in [0.2, 0.25) is 0 Å². The number of hydrogen-bond donors (Lipinski definition) is 2. The van der Waals surface area contributed by atoms with E-state index >= 15 is 0 Å². The van der Waals surface area contributed by atoms with Crippen molar-refractivity contribution in [2.45, 2.75) is 38.7 Å². The number of nitrogens with zero attached hydrogens (tertiary/aromatic N) is 1. The van der Waals surface area contributed by atoms with Gasteiger partial charge >= 0.3 is 0 Å². The van der Waals surface area contributed by atoms with Crippen LogP contribution in [0.1, 0.15) is 31.7 Å². The van der Waals surface area contributed by atoms with E-state index in [4.69, 9.17) is 14.2 Å². The lowest BCUT2D eigenvalue weighted by atomic mass is 10.2. The van der Waals surface area contributed by atoms with E-state index in [1.807, 2.05) is 6.07 Å². The summed E-state index contributed by atoms with van der Waals surface area (Å²) in [4.78, 5) is 4.60. The van der Waals surface area contributed by atoms with Gasteiger partial charge in [0.25, 0.3) is 0 Å². The van der Waals surface area contributed by atoms with E-state index in [9.17, 15) is 0 Å². The van der Waals surface area contributed by atoms with E-state index in [0.717, 1.165) is 84.3 Å². The second kappa shape index (κ2) is 14.4. The Bertz CT molecular complexity index is 505. The second-order valence-corrected chi connectivity index (χ2v) is 6.60. The summed E-state index contributed by atoms with van der Waals surface area (Å²) in [6.45, 7) is 8.38. The van der Waals surface area contributed by atoms with E-state index in [2.05, 4.69) is 46.8 Å². The Balaban J connectivity index is 1.48. The van der Waals surface area contributed by atoms with Gasteiger partial charge in [0.05, 0.1) is 19.3 Å². The van der Waals surface area contributed by atoms with Crippen molar-refractivity contribution in [3.05, 3.63) is 35.9 Å². The van der Waals surface area contributed by atoms with E-state index in [-0.39, 0.29) is 6.10 Å². The summed E-state index contributed by atoms with van der Waals surface area (Å²) in [6.07, 6.45) is 4.15. The molecule has 1 heterocycles. The molecule has 6 nitrogen and oxygen atoms in total. The molecular weight excluding hydrogens is 342 g/mol. The van der Waals surface area contributed by atoms with Crippen LogP contribution >= 0.6 is 0 Å². The molecule has 0 spiro atoms. The van der Waals surface area contributed by atoms with E-state index < -0.39 is 0 Å². The van der Waals surface area contributed by atoms with Crippen LogP contribution in [0.5, 0.6) is 0 Å². The summed E-state index contributed by atoms with van der Waals surface area (Å²) >= 11 is 0. The Kier molecular flexibility index (Phi) is 11.6. The van der Waals surface area contributed by atoms with Crippen molar-refractivity contribution in [3.63, 3.8) is 0 Å². The molecule has 6 heteroatoms. The Morgan fingerprint density at radius 3 is 2.81 bits per heavy atom. The smallest absolute Gasteiger partial charge is 0.191 e. The normalized spacial score (nSPS) is 17.2. The van der Waals surface area contributed by atoms with Crippen molar-refractivity contribution in [2.75, 3.05) is 52.7 Å². The standard InChI is InChI=1S/C21H35N3O3/c1-2-22-21(24-13-7-15-27-20-11-17-26-18-20)23-12-6-14-25-16-10-19-8-4-3-5-9-19/h3-5,8-9,20H,2,6-7,10-18H2,1H3,(H2,22,23,24). The molecule has 1 fully saturated rings. The highest BCUT2D eigenvalue weighted by atomic mass is 16.5. The summed E-state index contributed by atoms with van der Waals surface area (Å²) in [7, 11) is 0. The van der Waals surface area contributed by atoms with Gasteiger partial charge in [-0.05, 0) is 38.2 Å². The maximum atomic E-state index is 5.77.